The van der Waals surface area contributed by atoms with Gasteiger partial charge in [0.1, 0.15) is 12.4 Å². The first-order chi connectivity index (χ1) is 11.9. The number of hydrogen-bond donors (Lipinski definition) is 3. The van der Waals surface area contributed by atoms with Gasteiger partial charge in [-0.1, -0.05) is 20.8 Å². The highest BCUT2D eigenvalue weighted by molar-refractivity contribution is 5.79. The van der Waals surface area contributed by atoms with Crippen LogP contribution in [0.2, 0.25) is 0 Å². The van der Waals surface area contributed by atoms with Crippen LogP contribution in [0.4, 0.5) is 0 Å². The van der Waals surface area contributed by atoms with Gasteiger partial charge in [0.25, 0.3) is 0 Å². The van der Waals surface area contributed by atoms with Crippen LogP contribution in [-0.2, 0) is 6.54 Å². The second-order valence-corrected chi connectivity index (χ2v) is 7.42. The van der Waals surface area contributed by atoms with Crippen LogP contribution in [0.15, 0.2) is 27.8 Å². The number of aliphatic imine (C=N–C) groups is 1. The van der Waals surface area contributed by atoms with Crippen LogP contribution < -0.4 is 10.6 Å². The molecule has 0 aromatic carbocycles. The molecule has 2 rings (SSSR count). The number of H-pyrrole nitrogens is 1. The van der Waals surface area contributed by atoms with Crippen LogP contribution >= 0.6 is 0 Å². The van der Waals surface area contributed by atoms with Gasteiger partial charge < -0.3 is 15.1 Å². The van der Waals surface area contributed by atoms with Crippen LogP contribution in [0, 0.1) is 5.41 Å². The van der Waals surface area contributed by atoms with Gasteiger partial charge >= 0.3 is 0 Å². The van der Waals surface area contributed by atoms with Gasteiger partial charge in [0.2, 0.25) is 5.82 Å². The maximum Gasteiger partial charge on any atom is 0.216 e. The summed E-state index contributed by atoms with van der Waals surface area (Å²) in [6.07, 6.45) is 3.86. The first kappa shape index (κ1) is 19.0. The van der Waals surface area contributed by atoms with Crippen molar-refractivity contribution < 1.29 is 4.42 Å². The number of aromatic nitrogens is 3. The largest absolute Gasteiger partial charge is 0.461 e. The fourth-order valence-electron chi connectivity index (χ4n) is 2.31. The Kier molecular flexibility index (Phi) is 6.61. The van der Waals surface area contributed by atoms with Gasteiger partial charge in [-0.05, 0) is 44.2 Å². The number of nitrogens with zero attached hydrogens (tertiary/aromatic N) is 3. The van der Waals surface area contributed by atoms with Crippen molar-refractivity contribution in [2.75, 3.05) is 6.54 Å². The molecule has 1 atom stereocenters. The van der Waals surface area contributed by atoms with E-state index in [-0.39, 0.29) is 0 Å². The van der Waals surface area contributed by atoms with E-state index in [0.717, 1.165) is 25.3 Å². The van der Waals surface area contributed by atoms with Gasteiger partial charge in [0.05, 0.1) is 6.26 Å². The van der Waals surface area contributed by atoms with E-state index < -0.39 is 0 Å². The molecular formula is C18H30N6O. The fourth-order valence-corrected chi connectivity index (χ4v) is 2.31. The van der Waals surface area contributed by atoms with Crippen LogP contribution in [0.25, 0.3) is 11.6 Å². The highest BCUT2D eigenvalue weighted by Gasteiger charge is 2.13. The molecule has 2 heterocycles. The minimum absolute atomic E-state index is 0.341. The second kappa shape index (κ2) is 8.69. The summed E-state index contributed by atoms with van der Waals surface area (Å²) in [6.45, 7) is 12.3. The summed E-state index contributed by atoms with van der Waals surface area (Å²) < 4.78 is 5.30. The Hall–Kier alpha value is -2.31. The molecule has 7 heteroatoms. The number of furan rings is 1. The third-order valence-electron chi connectivity index (χ3n) is 3.71. The van der Waals surface area contributed by atoms with Gasteiger partial charge in [-0.3, -0.25) is 5.10 Å². The maximum atomic E-state index is 5.30. The lowest BCUT2D eigenvalue weighted by Crippen LogP contribution is -2.42. The summed E-state index contributed by atoms with van der Waals surface area (Å²) in [4.78, 5) is 9.00. The van der Waals surface area contributed by atoms with Crippen molar-refractivity contribution in [1.29, 1.82) is 0 Å². The molecule has 0 bridgehead atoms. The monoisotopic (exact) mass is 346 g/mol. The molecule has 0 saturated heterocycles. The number of aromatic amines is 1. The molecule has 0 radical (unpaired) electrons. The Bertz CT molecular complexity index is 653. The molecule has 0 aliphatic heterocycles. The standard InChI is InChI=1S/C18H30N6O/c1-6-19-17(21-13(2)9-10-18(3,4)5)20-12-15-22-16(24-23-15)14-8-7-11-25-14/h7-8,11,13H,6,9-10,12H2,1-5H3,(H2,19,20,21)(H,22,23,24). The molecule has 2 aromatic rings. The highest BCUT2D eigenvalue weighted by atomic mass is 16.3. The van der Waals surface area contributed by atoms with Gasteiger partial charge in [-0.15, -0.1) is 5.10 Å². The lowest BCUT2D eigenvalue weighted by molar-refractivity contribution is 0.346. The van der Waals surface area contributed by atoms with E-state index in [1.807, 2.05) is 12.1 Å². The van der Waals surface area contributed by atoms with Crippen molar-refractivity contribution in [3.8, 4) is 11.6 Å². The Morgan fingerprint density at radius 1 is 1.40 bits per heavy atom. The molecular weight excluding hydrogens is 316 g/mol. The van der Waals surface area contributed by atoms with Crippen molar-refractivity contribution in [2.24, 2.45) is 10.4 Å². The second-order valence-electron chi connectivity index (χ2n) is 7.42. The van der Waals surface area contributed by atoms with E-state index in [0.29, 0.717) is 35.4 Å². The summed E-state index contributed by atoms with van der Waals surface area (Å²) in [5, 5.41) is 13.8. The molecule has 1 unspecified atom stereocenters. The smallest absolute Gasteiger partial charge is 0.216 e. The van der Waals surface area contributed by atoms with Crippen molar-refractivity contribution in [2.45, 2.75) is 60.0 Å². The zero-order chi connectivity index (χ0) is 18.3. The normalized spacial score (nSPS) is 13.7. The van der Waals surface area contributed by atoms with Crippen LogP contribution in [0.3, 0.4) is 0 Å². The minimum Gasteiger partial charge on any atom is -0.461 e. The SMILES string of the molecule is CCNC(=NCc1nc(-c2ccco2)n[nH]1)NC(C)CCC(C)(C)C. The first-order valence-corrected chi connectivity index (χ1v) is 8.87. The van der Waals surface area contributed by atoms with E-state index in [1.165, 1.54) is 0 Å². The Balaban J connectivity index is 1.92. The molecule has 0 amide bonds. The predicted molar refractivity (Wildman–Crippen MR) is 100 cm³/mol. The molecule has 0 spiro atoms. The van der Waals surface area contributed by atoms with E-state index >= 15 is 0 Å². The minimum atomic E-state index is 0.341. The van der Waals surface area contributed by atoms with Crippen molar-refractivity contribution in [3.05, 3.63) is 24.2 Å². The summed E-state index contributed by atoms with van der Waals surface area (Å²) in [7, 11) is 0. The topological polar surface area (TPSA) is 91.1 Å². The van der Waals surface area contributed by atoms with Gasteiger partial charge in [0.15, 0.2) is 11.7 Å². The molecule has 25 heavy (non-hydrogen) atoms. The molecule has 138 valence electrons. The molecule has 0 aliphatic rings. The Morgan fingerprint density at radius 2 is 2.20 bits per heavy atom. The summed E-state index contributed by atoms with van der Waals surface area (Å²) in [6, 6.07) is 4.00. The highest BCUT2D eigenvalue weighted by Crippen LogP contribution is 2.21. The number of nitrogens with one attached hydrogen (secondary N) is 3. The quantitative estimate of drug-likeness (QED) is 0.528. The van der Waals surface area contributed by atoms with Crippen molar-refractivity contribution in [3.63, 3.8) is 0 Å². The zero-order valence-electron chi connectivity index (χ0n) is 15.9. The van der Waals surface area contributed by atoms with Gasteiger partial charge in [-0.2, -0.15) is 0 Å². The van der Waals surface area contributed by atoms with Gasteiger partial charge in [0, 0.05) is 12.6 Å². The fraction of sp³-hybridized carbons (Fsp3) is 0.611. The molecule has 0 saturated carbocycles. The van der Waals surface area contributed by atoms with Crippen LogP contribution in [0.1, 0.15) is 53.3 Å². The van der Waals surface area contributed by atoms with Crippen molar-refractivity contribution >= 4 is 5.96 Å². The van der Waals surface area contributed by atoms with E-state index in [9.17, 15) is 0 Å². The summed E-state index contributed by atoms with van der Waals surface area (Å²) >= 11 is 0. The third kappa shape index (κ3) is 6.60. The average Bonchev–Trinajstić information content (AvgIpc) is 3.21. The molecule has 0 fully saturated rings. The van der Waals surface area contributed by atoms with Crippen LogP contribution in [-0.4, -0.2) is 33.7 Å². The molecule has 3 N–H and O–H groups in total. The maximum absolute atomic E-state index is 5.30. The lowest BCUT2D eigenvalue weighted by atomic mass is 9.89. The van der Waals surface area contributed by atoms with Gasteiger partial charge in [-0.25, -0.2) is 9.98 Å². The Labute approximate surface area is 149 Å². The number of rotatable bonds is 7. The molecule has 2 aromatic heterocycles. The number of guanidine groups is 1. The van der Waals surface area contributed by atoms with E-state index in [2.05, 4.69) is 65.4 Å². The third-order valence-corrected chi connectivity index (χ3v) is 3.71. The summed E-state index contributed by atoms with van der Waals surface area (Å²) in [5.41, 5.74) is 0.341. The molecule has 0 aliphatic carbocycles. The van der Waals surface area contributed by atoms with E-state index in [1.54, 1.807) is 6.26 Å². The first-order valence-electron chi connectivity index (χ1n) is 8.87. The number of hydrogen-bond acceptors (Lipinski definition) is 4. The van der Waals surface area contributed by atoms with Crippen molar-refractivity contribution in [1.82, 2.24) is 25.8 Å². The Morgan fingerprint density at radius 3 is 2.84 bits per heavy atom. The zero-order valence-corrected chi connectivity index (χ0v) is 15.9. The lowest BCUT2D eigenvalue weighted by Gasteiger charge is -2.23. The van der Waals surface area contributed by atoms with E-state index in [4.69, 9.17) is 4.42 Å². The molecule has 7 nitrogen and oxygen atoms in total. The predicted octanol–water partition coefficient (Wildman–Crippen LogP) is 3.33. The van der Waals surface area contributed by atoms with Crippen LogP contribution in [0.5, 0.6) is 0 Å². The average molecular weight is 346 g/mol. The summed E-state index contributed by atoms with van der Waals surface area (Å²) in [5.74, 6) is 2.69.